The molecule has 2 aromatic carbocycles. The summed E-state index contributed by atoms with van der Waals surface area (Å²) < 4.78 is 5.37. The molecule has 2 unspecified atom stereocenters. The lowest BCUT2D eigenvalue weighted by atomic mass is 10.0. The number of unbranched alkanes of at least 4 members (excludes halogenated alkanes) is 1. The third-order valence-corrected chi connectivity index (χ3v) is 6.11. The first-order chi connectivity index (χ1) is 18.3. The van der Waals surface area contributed by atoms with Gasteiger partial charge in [0.05, 0.1) is 0 Å². The summed E-state index contributed by atoms with van der Waals surface area (Å²) >= 11 is 0. The molecule has 0 fully saturated rings. The van der Waals surface area contributed by atoms with Gasteiger partial charge in [-0.25, -0.2) is 4.79 Å². The van der Waals surface area contributed by atoms with Crippen molar-refractivity contribution in [1.82, 2.24) is 10.2 Å². The largest absolute Gasteiger partial charge is 0.444 e. The number of hydrogen-bond donors (Lipinski definition) is 3. The van der Waals surface area contributed by atoms with Gasteiger partial charge in [-0.15, -0.1) is 0 Å². The van der Waals surface area contributed by atoms with Crippen LogP contribution >= 0.6 is 0 Å². The van der Waals surface area contributed by atoms with Gasteiger partial charge < -0.3 is 26.0 Å². The Balaban J connectivity index is 2.52. The highest BCUT2D eigenvalue weighted by Gasteiger charge is 2.36. The second-order valence-electron chi connectivity index (χ2n) is 10.7. The van der Waals surface area contributed by atoms with Crippen LogP contribution in [0.15, 0.2) is 48.5 Å². The molecule has 0 aliphatic heterocycles. The Kier molecular flexibility index (Phi) is 11.5. The van der Waals surface area contributed by atoms with Crippen LogP contribution in [-0.2, 0) is 19.1 Å². The number of anilines is 1. The molecule has 0 radical (unpaired) electrons. The van der Waals surface area contributed by atoms with Gasteiger partial charge in [0.2, 0.25) is 11.8 Å². The number of aryl methyl sites for hydroxylation is 2. The van der Waals surface area contributed by atoms with Crippen LogP contribution in [0.3, 0.4) is 0 Å². The minimum Gasteiger partial charge on any atom is -0.444 e. The van der Waals surface area contributed by atoms with Crippen molar-refractivity contribution in [3.05, 3.63) is 65.2 Å². The Hall–Kier alpha value is -3.88. The molecule has 0 saturated carbocycles. The van der Waals surface area contributed by atoms with Crippen LogP contribution in [0.1, 0.15) is 76.1 Å². The summed E-state index contributed by atoms with van der Waals surface area (Å²) in [6.45, 7) is 11.2. The number of ether oxygens (including phenoxy) is 1. The van der Waals surface area contributed by atoms with Crippen LogP contribution in [0, 0.1) is 13.8 Å². The normalized spacial score (nSPS) is 12.7. The third-order valence-electron chi connectivity index (χ3n) is 6.11. The van der Waals surface area contributed by atoms with E-state index < -0.39 is 35.6 Å². The van der Waals surface area contributed by atoms with Crippen molar-refractivity contribution in [2.45, 2.75) is 84.9 Å². The zero-order valence-corrected chi connectivity index (χ0v) is 23.9. The van der Waals surface area contributed by atoms with Gasteiger partial charge >= 0.3 is 6.09 Å². The molecular weight excluding hydrogens is 496 g/mol. The maximum atomic E-state index is 14.1. The van der Waals surface area contributed by atoms with Gasteiger partial charge in [-0.2, -0.15) is 0 Å². The number of benzene rings is 2. The second-order valence-corrected chi connectivity index (χ2v) is 10.7. The molecule has 39 heavy (non-hydrogen) atoms. The number of hydrogen-bond acceptors (Lipinski definition) is 5. The number of nitrogens with zero attached hydrogens (tertiary/aromatic N) is 1. The fraction of sp³-hybridized carbons (Fsp3) is 0.467. The minimum atomic E-state index is -1.12. The van der Waals surface area contributed by atoms with Crippen LogP contribution < -0.4 is 16.4 Å². The highest BCUT2D eigenvalue weighted by molar-refractivity contribution is 6.00. The Labute approximate surface area is 231 Å². The molecule has 0 saturated heterocycles. The predicted molar refractivity (Wildman–Crippen MR) is 152 cm³/mol. The van der Waals surface area contributed by atoms with E-state index in [4.69, 9.17) is 10.5 Å². The first-order valence-corrected chi connectivity index (χ1v) is 13.3. The summed E-state index contributed by atoms with van der Waals surface area (Å²) in [5.41, 5.74) is 7.68. The SMILES string of the molecule is CCCCN(C(=O)C(CCC(N)=O)NC(=O)OC(C)(C)C)C(C(=O)Nc1c(C)cccc1C)c1ccccc1. The van der Waals surface area contributed by atoms with Crippen LogP contribution in [0.2, 0.25) is 0 Å². The highest BCUT2D eigenvalue weighted by atomic mass is 16.6. The molecule has 9 nitrogen and oxygen atoms in total. The summed E-state index contributed by atoms with van der Waals surface area (Å²) in [6.07, 6.45) is 0.446. The Morgan fingerprint density at radius 2 is 1.59 bits per heavy atom. The van der Waals surface area contributed by atoms with E-state index in [0.29, 0.717) is 17.7 Å². The molecule has 212 valence electrons. The molecule has 2 atom stereocenters. The number of para-hydroxylation sites is 1. The molecule has 2 rings (SSSR count). The smallest absolute Gasteiger partial charge is 0.408 e. The molecule has 4 amide bonds. The average molecular weight is 539 g/mol. The quantitative estimate of drug-likeness (QED) is 0.358. The lowest BCUT2D eigenvalue weighted by Crippen LogP contribution is -2.52. The van der Waals surface area contributed by atoms with Gasteiger partial charge in [0, 0.05) is 18.7 Å². The number of rotatable bonds is 12. The summed E-state index contributed by atoms with van der Waals surface area (Å²) in [6, 6.07) is 12.7. The Morgan fingerprint density at radius 1 is 0.974 bits per heavy atom. The van der Waals surface area contributed by atoms with Crippen molar-refractivity contribution >= 4 is 29.5 Å². The number of alkyl carbamates (subject to hydrolysis) is 1. The summed E-state index contributed by atoms with van der Waals surface area (Å²) in [4.78, 5) is 53.8. The maximum absolute atomic E-state index is 14.1. The fourth-order valence-electron chi connectivity index (χ4n) is 4.20. The predicted octanol–water partition coefficient (Wildman–Crippen LogP) is 4.77. The topological polar surface area (TPSA) is 131 Å². The summed E-state index contributed by atoms with van der Waals surface area (Å²) in [5, 5.41) is 5.64. The lowest BCUT2D eigenvalue weighted by Gasteiger charge is -2.34. The first-order valence-electron chi connectivity index (χ1n) is 13.3. The zero-order chi connectivity index (χ0) is 29.2. The van der Waals surface area contributed by atoms with Crippen molar-refractivity contribution in [2.75, 3.05) is 11.9 Å². The van der Waals surface area contributed by atoms with Gasteiger partial charge in [0.1, 0.15) is 17.7 Å². The second kappa shape index (κ2) is 14.3. The summed E-state index contributed by atoms with van der Waals surface area (Å²) in [5.74, 6) is -1.48. The lowest BCUT2D eigenvalue weighted by molar-refractivity contribution is -0.141. The van der Waals surface area contributed by atoms with Gasteiger partial charge in [0.25, 0.3) is 5.91 Å². The molecule has 0 aliphatic carbocycles. The number of carbonyl (C=O) groups excluding carboxylic acids is 4. The zero-order valence-electron chi connectivity index (χ0n) is 23.9. The molecule has 0 bridgehead atoms. The van der Waals surface area contributed by atoms with Gasteiger partial charge in [-0.1, -0.05) is 61.9 Å². The highest BCUT2D eigenvalue weighted by Crippen LogP contribution is 2.27. The van der Waals surface area contributed by atoms with Crippen molar-refractivity contribution < 1.29 is 23.9 Å². The average Bonchev–Trinajstić information content (AvgIpc) is 2.85. The van der Waals surface area contributed by atoms with Crippen molar-refractivity contribution in [2.24, 2.45) is 5.73 Å². The molecule has 0 aromatic heterocycles. The van der Waals surface area contributed by atoms with E-state index in [1.165, 1.54) is 4.90 Å². The molecule has 0 spiro atoms. The van der Waals surface area contributed by atoms with Crippen LogP contribution in [-0.4, -0.2) is 46.9 Å². The van der Waals surface area contributed by atoms with E-state index in [2.05, 4.69) is 10.6 Å². The van der Waals surface area contributed by atoms with Gasteiger partial charge in [0.15, 0.2) is 0 Å². The number of amides is 4. The van der Waals surface area contributed by atoms with Crippen LogP contribution in [0.4, 0.5) is 10.5 Å². The molecule has 0 heterocycles. The summed E-state index contributed by atoms with van der Waals surface area (Å²) in [7, 11) is 0. The Morgan fingerprint density at radius 3 is 2.13 bits per heavy atom. The van der Waals surface area contributed by atoms with E-state index in [9.17, 15) is 19.2 Å². The third kappa shape index (κ3) is 9.74. The van der Waals surface area contributed by atoms with Crippen LogP contribution in [0.5, 0.6) is 0 Å². The maximum Gasteiger partial charge on any atom is 0.408 e. The van der Waals surface area contributed by atoms with Crippen LogP contribution in [0.25, 0.3) is 0 Å². The monoisotopic (exact) mass is 538 g/mol. The molecule has 0 aliphatic rings. The van der Waals surface area contributed by atoms with E-state index in [1.807, 2.05) is 45.0 Å². The van der Waals surface area contributed by atoms with Gasteiger partial charge in [-0.3, -0.25) is 14.4 Å². The molecular formula is C30H42N4O5. The van der Waals surface area contributed by atoms with Crippen molar-refractivity contribution in [3.63, 3.8) is 0 Å². The van der Waals surface area contributed by atoms with Crippen molar-refractivity contribution in [3.8, 4) is 0 Å². The van der Waals surface area contributed by atoms with E-state index in [-0.39, 0.29) is 25.3 Å². The van der Waals surface area contributed by atoms with Crippen molar-refractivity contribution in [1.29, 1.82) is 0 Å². The fourth-order valence-corrected chi connectivity index (χ4v) is 4.20. The number of carbonyl (C=O) groups is 4. The van der Waals surface area contributed by atoms with E-state index in [0.717, 1.165) is 17.5 Å². The molecule has 2 aromatic rings. The molecule has 9 heteroatoms. The van der Waals surface area contributed by atoms with E-state index in [1.54, 1.807) is 45.0 Å². The first kappa shape index (κ1) is 31.3. The number of nitrogens with two attached hydrogens (primary N) is 1. The number of primary amides is 1. The standard InChI is InChI=1S/C30H42N4O5/c1-7-8-19-34(28(37)23(17-18-24(31)35)32-29(38)39-30(4,5)6)26(22-15-10-9-11-16-22)27(36)33-25-20(2)13-12-14-21(25)3/h9-16,23,26H,7-8,17-19H2,1-6H3,(H2,31,35)(H,32,38)(H,33,36). The molecule has 4 N–H and O–H groups in total. The van der Waals surface area contributed by atoms with Gasteiger partial charge in [-0.05, 0) is 64.2 Å². The van der Waals surface area contributed by atoms with E-state index >= 15 is 0 Å². The number of nitrogens with one attached hydrogen (secondary N) is 2. The minimum absolute atomic E-state index is 0.0317. The Bertz CT molecular complexity index is 1120.